The van der Waals surface area contributed by atoms with Crippen molar-refractivity contribution < 1.29 is 19.1 Å². The number of rotatable bonds is 8. The molecule has 0 heterocycles. The quantitative estimate of drug-likeness (QED) is 0.519. The van der Waals surface area contributed by atoms with Crippen LogP contribution in [0.3, 0.4) is 0 Å². The van der Waals surface area contributed by atoms with Crippen molar-refractivity contribution in [3.05, 3.63) is 0 Å². The maximum absolute atomic E-state index is 12.6. The van der Waals surface area contributed by atoms with Crippen molar-refractivity contribution in [3.63, 3.8) is 0 Å². The van der Waals surface area contributed by atoms with Crippen molar-refractivity contribution in [1.29, 1.82) is 5.26 Å². The molecule has 0 aromatic carbocycles. The van der Waals surface area contributed by atoms with Gasteiger partial charge in [-0.25, -0.2) is 0 Å². The van der Waals surface area contributed by atoms with Gasteiger partial charge in [0.1, 0.15) is 16.6 Å². The predicted molar refractivity (Wildman–Crippen MR) is 100 cm³/mol. The highest BCUT2D eigenvalue weighted by molar-refractivity contribution is 6.06. The molecule has 0 spiro atoms. The lowest BCUT2D eigenvalue weighted by Gasteiger charge is -2.27. The molecule has 1 amide bonds. The Bertz CT molecular complexity index is 679. The number of esters is 1. The van der Waals surface area contributed by atoms with Crippen LogP contribution in [0.15, 0.2) is 0 Å². The minimum absolute atomic E-state index is 0.0692. The van der Waals surface area contributed by atoms with Gasteiger partial charge in [0.05, 0.1) is 12.7 Å². The number of nitrogens with zero attached hydrogens (tertiary/aromatic N) is 1. The van der Waals surface area contributed by atoms with E-state index < -0.39 is 16.8 Å². The molecule has 2 aliphatic carbocycles. The van der Waals surface area contributed by atoms with Crippen LogP contribution in [0.5, 0.6) is 0 Å². The van der Waals surface area contributed by atoms with Gasteiger partial charge in [-0.1, -0.05) is 34.6 Å². The highest BCUT2D eigenvalue weighted by Crippen LogP contribution is 2.58. The first-order chi connectivity index (χ1) is 12.3. The van der Waals surface area contributed by atoms with E-state index in [0.717, 1.165) is 0 Å². The minimum atomic E-state index is -1.03. The molecule has 2 atom stereocenters. The van der Waals surface area contributed by atoms with E-state index in [0.29, 0.717) is 32.2 Å². The number of Topliss-reactive ketones (excluding diaryl/α,β-unsaturated/α-hetero) is 1. The molecule has 0 aromatic rings. The zero-order valence-electron chi connectivity index (χ0n) is 17.4. The first-order valence-electron chi connectivity index (χ1n) is 9.66. The molecular weight excluding hydrogens is 344 g/mol. The fourth-order valence-electron chi connectivity index (χ4n) is 3.55. The van der Waals surface area contributed by atoms with Gasteiger partial charge in [0.2, 0.25) is 5.91 Å². The number of ether oxygens (including phenoxy) is 1. The van der Waals surface area contributed by atoms with Gasteiger partial charge in [0.15, 0.2) is 0 Å². The van der Waals surface area contributed by atoms with Gasteiger partial charge in [-0.15, -0.1) is 0 Å². The van der Waals surface area contributed by atoms with Crippen molar-refractivity contribution in [2.45, 2.75) is 67.2 Å². The molecule has 0 aliphatic heterocycles. The lowest BCUT2D eigenvalue weighted by atomic mass is 9.83. The summed E-state index contributed by atoms with van der Waals surface area (Å²) in [7, 11) is 0. The summed E-state index contributed by atoms with van der Waals surface area (Å²) in [4.78, 5) is 37.0. The molecule has 0 saturated heterocycles. The fraction of sp³-hybridized carbons (Fsp3) is 0.810. The summed E-state index contributed by atoms with van der Waals surface area (Å²) in [5.41, 5.74) is -2.30. The molecule has 2 saturated carbocycles. The molecule has 2 rings (SSSR count). The SMILES string of the molecule is CC(=O)C1(C(=O)OCC(C)(C)C)CC1CC(C)(C)CNC(=O)C1(C#N)CC1. The third-order valence-electron chi connectivity index (χ3n) is 5.66. The monoisotopic (exact) mass is 376 g/mol. The summed E-state index contributed by atoms with van der Waals surface area (Å²) in [6, 6.07) is 2.09. The molecule has 0 aromatic heterocycles. The number of ketones is 1. The van der Waals surface area contributed by atoms with Crippen LogP contribution in [-0.4, -0.2) is 30.8 Å². The summed E-state index contributed by atoms with van der Waals surface area (Å²) < 4.78 is 5.44. The van der Waals surface area contributed by atoms with Gasteiger partial charge in [-0.05, 0) is 49.4 Å². The second-order valence-corrected chi connectivity index (χ2v) is 10.3. The Kier molecular flexibility index (Phi) is 5.49. The molecule has 2 fully saturated rings. The van der Waals surface area contributed by atoms with Gasteiger partial charge >= 0.3 is 5.97 Å². The smallest absolute Gasteiger partial charge is 0.319 e. The summed E-state index contributed by atoms with van der Waals surface area (Å²) in [5, 5.41) is 12.0. The lowest BCUT2D eigenvalue weighted by molar-refractivity contribution is -0.157. The van der Waals surface area contributed by atoms with E-state index in [1.54, 1.807) is 0 Å². The van der Waals surface area contributed by atoms with Crippen LogP contribution >= 0.6 is 0 Å². The van der Waals surface area contributed by atoms with Crippen LogP contribution in [0.1, 0.15) is 67.2 Å². The molecule has 6 heteroatoms. The fourth-order valence-corrected chi connectivity index (χ4v) is 3.55. The number of hydrogen-bond acceptors (Lipinski definition) is 5. The summed E-state index contributed by atoms with van der Waals surface area (Å²) in [6.45, 7) is 12.1. The van der Waals surface area contributed by atoms with Gasteiger partial charge < -0.3 is 10.1 Å². The van der Waals surface area contributed by atoms with Crippen LogP contribution in [0.4, 0.5) is 0 Å². The topological polar surface area (TPSA) is 96.3 Å². The van der Waals surface area contributed by atoms with E-state index in [4.69, 9.17) is 10.00 Å². The van der Waals surface area contributed by atoms with E-state index in [1.807, 2.05) is 34.6 Å². The summed E-state index contributed by atoms with van der Waals surface area (Å²) >= 11 is 0. The maximum atomic E-state index is 12.6. The number of carbonyl (C=O) groups excluding carboxylic acids is 3. The van der Waals surface area contributed by atoms with Crippen molar-refractivity contribution in [2.24, 2.45) is 27.6 Å². The van der Waals surface area contributed by atoms with Crippen molar-refractivity contribution in [2.75, 3.05) is 13.2 Å². The first kappa shape index (κ1) is 21.4. The first-order valence-corrected chi connectivity index (χ1v) is 9.66. The van der Waals surface area contributed by atoms with Gasteiger partial charge in [0.25, 0.3) is 0 Å². The average molecular weight is 376 g/mol. The molecule has 150 valence electrons. The van der Waals surface area contributed by atoms with Crippen LogP contribution in [-0.2, 0) is 19.1 Å². The van der Waals surface area contributed by atoms with E-state index in [1.165, 1.54) is 6.92 Å². The summed E-state index contributed by atoms with van der Waals surface area (Å²) in [5.74, 6) is -0.847. The second kappa shape index (κ2) is 6.92. The number of nitrogens with one attached hydrogen (secondary N) is 1. The normalized spacial score (nSPS) is 25.9. The van der Waals surface area contributed by atoms with E-state index in [2.05, 4.69) is 11.4 Å². The Morgan fingerprint density at radius 2 is 1.78 bits per heavy atom. The van der Waals surface area contributed by atoms with Crippen molar-refractivity contribution >= 4 is 17.7 Å². The highest BCUT2D eigenvalue weighted by atomic mass is 16.5. The van der Waals surface area contributed by atoms with Gasteiger partial charge in [-0.3, -0.25) is 14.4 Å². The maximum Gasteiger partial charge on any atom is 0.319 e. The number of nitriles is 1. The Hall–Kier alpha value is -1.90. The van der Waals surface area contributed by atoms with Crippen LogP contribution in [0.2, 0.25) is 0 Å². The molecule has 27 heavy (non-hydrogen) atoms. The zero-order chi connectivity index (χ0) is 20.7. The third kappa shape index (κ3) is 4.69. The van der Waals surface area contributed by atoms with Crippen LogP contribution in [0.25, 0.3) is 0 Å². The number of carbonyl (C=O) groups is 3. The Balaban J connectivity index is 1.93. The Labute approximate surface area is 162 Å². The molecule has 2 aliphatic rings. The van der Waals surface area contributed by atoms with Crippen LogP contribution in [0, 0.1) is 38.9 Å². The second-order valence-electron chi connectivity index (χ2n) is 10.3. The van der Waals surface area contributed by atoms with Crippen molar-refractivity contribution in [3.8, 4) is 6.07 Å². The molecule has 0 radical (unpaired) electrons. The lowest BCUT2D eigenvalue weighted by Crippen LogP contribution is -2.39. The summed E-state index contributed by atoms with van der Waals surface area (Å²) in [6.07, 6.45) is 2.37. The molecule has 1 N–H and O–H groups in total. The predicted octanol–water partition coefficient (Wildman–Crippen LogP) is 3.01. The van der Waals surface area contributed by atoms with Gasteiger partial charge in [-0.2, -0.15) is 5.26 Å². The standard InChI is InChI=1S/C21H32N2O4/c1-14(24)21(17(26)27-13-18(2,3)4)10-15(21)9-19(5,6)12-23-16(25)20(11-22)7-8-20/h15H,7-10,12-13H2,1-6H3,(H,23,25). The highest BCUT2D eigenvalue weighted by Gasteiger charge is 2.65. The largest absolute Gasteiger partial charge is 0.464 e. The van der Waals surface area contributed by atoms with Gasteiger partial charge in [0, 0.05) is 6.54 Å². The van der Waals surface area contributed by atoms with Crippen LogP contribution < -0.4 is 5.32 Å². The molecule has 6 nitrogen and oxygen atoms in total. The number of amides is 1. The van der Waals surface area contributed by atoms with E-state index in [9.17, 15) is 14.4 Å². The molecular formula is C21H32N2O4. The van der Waals surface area contributed by atoms with E-state index in [-0.39, 0.29) is 35.0 Å². The minimum Gasteiger partial charge on any atom is -0.464 e. The van der Waals surface area contributed by atoms with Crippen molar-refractivity contribution in [1.82, 2.24) is 5.32 Å². The Morgan fingerprint density at radius 3 is 2.22 bits per heavy atom. The zero-order valence-corrected chi connectivity index (χ0v) is 17.4. The molecule has 0 bridgehead atoms. The molecule has 2 unspecified atom stereocenters. The average Bonchev–Trinajstić information content (AvgIpc) is 3.44. The number of hydrogen-bond donors (Lipinski definition) is 1. The van der Waals surface area contributed by atoms with E-state index >= 15 is 0 Å². The Morgan fingerprint density at radius 1 is 1.19 bits per heavy atom. The third-order valence-corrected chi connectivity index (χ3v) is 5.66.